The minimum Gasteiger partial charge on any atom is -0.416 e. The highest BCUT2D eigenvalue weighted by Gasteiger charge is 2.42. The van der Waals surface area contributed by atoms with Gasteiger partial charge in [-0.2, -0.15) is 5.26 Å². The molecule has 1 fully saturated rings. The molecule has 1 aromatic carbocycles. The summed E-state index contributed by atoms with van der Waals surface area (Å²) >= 11 is 0. The molecular formula is C32H42N6O2Si. The van der Waals surface area contributed by atoms with Crippen LogP contribution in [-0.2, 0) is 14.6 Å². The van der Waals surface area contributed by atoms with E-state index in [1.165, 1.54) is 0 Å². The first-order chi connectivity index (χ1) is 19.4. The van der Waals surface area contributed by atoms with Crippen LogP contribution in [-0.4, -0.2) is 49.6 Å². The van der Waals surface area contributed by atoms with Crippen LogP contribution < -0.4 is 10.6 Å². The van der Waals surface area contributed by atoms with Gasteiger partial charge in [0.2, 0.25) is 5.95 Å². The van der Waals surface area contributed by atoms with Crippen LogP contribution in [0.5, 0.6) is 0 Å². The third kappa shape index (κ3) is 6.01. The summed E-state index contributed by atoms with van der Waals surface area (Å²) in [4.78, 5) is 14.2. The van der Waals surface area contributed by atoms with E-state index in [1.807, 2.05) is 25.3 Å². The molecule has 9 heteroatoms. The summed E-state index contributed by atoms with van der Waals surface area (Å²) in [5, 5.41) is 17.1. The zero-order chi connectivity index (χ0) is 29.4. The fourth-order valence-electron chi connectivity index (χ4n) is 5.28. The van der Waals surface area contributed by atoms with Crippen molar-refractivity contribution in [1.82, 2.24) is 15.0 Å². The Labute approximate surface area is 245 Å². The second-order valence-electron chi connectivity index (χ2n) is 13.2. The van der Waals surface area contributed by atoms with Crippen LogP contribution in [0, 0.1) is 18.3 Å². The molecule has 2 aliphatic heterocycles. The van der Waals surface area contributed by atoms with E-state index < -0.39 is 8.32 Å². The second-order valence-corrected chi connectivity index (χ2v) is 18.1. The molecule has 1 saturated heterocycles. The molecule has 4 heterocycles. The largest absolute Gasteiger partial charge is 0.416 e. The lowest BCUT2D eigenvalue weighted by atomic mass is 9.83. The van der Waals surface area contributed by atoms with Crippen molar-refractivity contribution < 1.29 is 9.16 Å². The molecule has 3 aromatic rings. The fraction of sp³-hybridized carbons (Fsp3) is 0.500. The Bertz CT molecular complexity index is 1470. The van der Waals surface area contributed by atoms with Gasteiger partial charge in [0.05, 0.1) is 28.3 Å². The molecule has 0 radical (unpaired) electrons. The normalized spacial score (nSPS) is 19.4. The van der Waals surface area contributed by atoms with E-state index in [-0.39, 0.29) is 10.5 Å². The zero-order valence-electron chi connectivity index (χ0n) is 25.4. The predicted octanol–water partition coefficient (Wildman–Crippen LogP) is 7.06. The zero-order valence-corrected chi connectivity index (χ0v) is 26.4. The Morgan fingerprint density at radius 2 is 1.95 bits per heavy atom. The van der Waals surface area contributed by atoms with E-state index in [0.29, 0.717) is 24.0 Å². The molecule has 2 aromatic heterocycles. The Balaban J connectivity index is 1.46. The van der Waals surface area contributed by atoms with Gasteiger partial charge in [-0.25, -0.2) is 9.97 Å². The van der Waals surface area contributed by atoms with Crippen LogP contribution in [0.25, 0.3) is 11.3 Å². The van der Waals surface area contributed by atoms with E-state index in [9.17, 15) is 5.26 Å². The summed E-state index contributed by atoms with van der Waals surface area (Å²) in [6.45, 7) is 18.4. The Kier molecular flexibility index (Phi) is 7.94. The number of hydrogen-bond donors (Lipinski definition) is 2. The summed E-state index contributed by atoms with van der Waals surface area (Å²) in [6, 6.07) is 10.5. The van der Waals surface area contributed by atoms with E-state index in [0.717, 1.165) is 72.1 Å². The first-order valence-corrected chi connectivity index (χ1v) is 17.4. The number of nitriles is 1. The average molecular weight is 571 g/mol. The summed E-state index contributed by atoms with van der Waals surface area (Å²) in [6.07, 6.45) is 5.58. The van der Waals surface area contributed by atoms with Gasteiger partial charge in [-0.1, -0.05) is 27.7 Å². The summed E-state index contributed by atoms with van der Waals surface area (Å²) in [5.74, 6) is 0.841. The minimum atomic E-state index is -1.94. The van der Waals surface area contributed by atoms with E-state index in [1.54, 1.807) is 6.20 Å². The topological polar surface area (TPSA) is 105 Å². The van der Waals surface area contributed by atoms with Gasteiger partial charge in [-0.05, 0) is 73.3 Å². The number of nitrogens with one attached hydrogen (secondary N) is 2. The highest BCUT2D eigenvalue weighted by atomic mass is 28.4. The number of aromatic nitrogens is 3. The number of fused-ring (bicyclic) bond motifs is 1. The summed E-state index contributed by atoms with van der Waals surface area (Å²) in [5.41, 5.74) is 7.04. The summed E-state index contributed by atoms with van der Waals surface area (Å²) in [7, 11) is -1.94. The Hall–Kier alpha value is -3.32. The van der Waals surface area contributed by atoms with Gasteiger partial charge in [-0.3, -0.25) is 4.98 Å². The first kappa shape index (κ1) is 29.2. The quantitative estimate of drug-likeness (QED) is 0.291. The van der Waals surface area contributed by atoms with Crippen molar-refractivity contribution in [2.75, 3.05) is 37.0 Å². The standard InChI is InChI=1S/C32H42N6O2Si/c1-21-14-27(29(35-18-21)22-9-12-39-13-10-22)38-30-34-11-8-26(37-30)23-15-24(17-33)28-25(16-23)32(5,19-36-28)20-40-41(6,7)31(2,3)4/h8,11,14-16,18,22,36H,9-10,12-13,19-20H2,1-7H3,(H,34,37,38)/t32-/m1/s1. The summed E-state index contributed by atoms with van der Waals surface area (Å²) < 4.78 is 12.3. The lowest BCUT2D eigenvalue weighted by Gasteiger charge is -2.39. The maximum atomic E-state index is 10.1. The highest BCUT2D eigenvalue weighted by Crippen LogP contribution is 2.44. The van der Waals surface area contributed by atoms with Gasteiger partial charge < -0.3 is 19.8 Å². The molecule has 0 aliphatic carbocycles. The Morgan fingerprint density at radius 3 is 2.66 bits per heavy atom. The second kappa shape index (κ2) is 11.2. The monoisotopic (exact) mass is 570 g/mol. The van der Waals surface area contributed by atoms with Gasteiger partial charge in [0.25, 0.3) is 0 Å². The molecule has 41 heavy (non-hydrogen) atoms. The predicted molar refractivity (Wildman–Crippen MR) is 166 cm³/mol. The lowest BCUT2D eigenvalue weighted by molar-refractivity contribution is 0.0846. The average Bonchev–Trinajstić information content (AvgIpc) is 3.28. The van der Waals surface area contributed by atoms with Crippen molar-refractivity contribution in [2.45, 2.75) is 76.9 Å². The number of aryl methyl sites for hydroxylation is 1. The SMILES string of the molecule is Cc1cnc(C2CCOCC2)c(Nc2nccc(-c3cc(C#N)c4c(c3)[C@@](C)(CO[Si](C)(C)C(C)(C)C)CN4)n2)c1. The van der Waals surface area contributed by atoms with Crippen molar-refractivity contribution in [2.24, 2.45) is 0 Å². The molecular weight excluding hydrogens is 528 g/mol. The van der Waals surface area contributed by atoms with Gasteiger partial charge in [0.15, 0.2) is 8.32 Å². The molecule has 0 amide bonds. The van der Waals surface area contributed by atoms with Crippen LogP contribution in [0.2, 0.25) is 18.1 Å². The van der Waals surface area contributed by atoms with Crippen molar-refractivity contribution in [3.05, 3.63) is 59.0 Å². The number of benzene rings is 1. The highest BCUT2D eigenvalue weighted by molar-refractivity contribution is 6.74. The maximum Gasteiger partial charge on any atom is 0.227 e. The lowest BCUT2D eigenvalue weighted by Crippen LogP contribution is -2.45. The molecule has 5 rings (SSSR count). The third-order valence-corrected chi connectivity index (χ3v) is 13.5. The Morgan fingerprint density at radius 1 is 1.20 bits per heavy atom. The van der Waals surface area contributed by atoms with Crippen LogP contribution in [0.1, 0.15) is 68.8 Å². The number of rotatable bonds is 7. The molecule has 2 aliphatic rings. The van der Waals surface area contributed by atoms with E-state index in [4.69, 9.17) is 19.1 Å². The number of hydrogen-bond acceptors (Lipinski definition) is 8. The van der Waals surface area contributed by atoms with E-state index >= 15 is 0 Å². The molecule has 0 spiro atoms. The third-order valence-electron chi connectivity index (χ3n) is 8.98. The van der Waals surface area contributed by atoms with Crippen LogP contribution in [0.15, 0.2) is 36.7 Å². The first-order valence-electron chi connectivity index (χ1n) is 14.5. The minimum absolute atomic E-state index is 0.125. The molecule has 2 N–H and O–H groups in total. The van der Waals surface area contributed by atoms with Gasteiger partial charge in [0.1, 0.15) is 6.07 Å². The van der Waals surface area contributed by atoms with Crippen LogP contribution in [0.3, 0.4) is 0 Å². The van der Waals surface area contributed by atoms with Gasteiger partial charge >= 0.3 is 0 Å². The van der Waals surface area contributed by atoms with Crippen LogP contribution in [0.4, 0.5) is 17.3 Å². The molecule has 0 saturated carbocycles. The molecule has 0 unspecified atom stereocenters. The van der Waals surface area contributed by atoms with Crippen molar-refractivity contribution in [3.63, 3.8) is 0 Å². The molecule has 0 bridgehead atoms. The molecule has 8 nitrogen and oxygen atoms in total. The number of ether oxygens (including phenoxy) is 1. The van der Waals surface area contributed by atoms with Gasteiger partial charge in [0, 0.05) is 55.7 Å². The number of anilines is 3. The smallest absolute Gasteiger partial charge is 0.227 e. The van der Waals surface area contributed by atoms with Crippen LogP contribution >= 0.6 is 0 Å². The van der Waals surface area contributed by atoms with Crippen molar-refractivity contribution in [3.8, 4) is 17.3 Å². The van der Waals surface area contributed by atoms with Crippen molar-refractivity contribution >= 4 is 25.6 Å². The fourth-order valence-corrected chi connectivity index (χ4v) is 6.40. The number of pyridine rings is 1. The van der Waals surface area contributed by atoms with E-state index in [2.05, 4.69) is 74.6 Å². The number of nitrogens with zero attached hydrogens (tertiary/aromatic N) is 4. The molecule has 1 atom stereocenters. The van der Waals surface area contributed by atoms with Crippen molar-refractivity contribution in [1.29, 1.82) is 5.26 Å². The van der Waals surface area contributed by atoms with Gasteiger partial charge in [-0.15, -0.1) is 0 Å². The maximum absolute atomic E-state index is 10.1. The molecule has 216 valence electrons.